The number of rotatable bonds is 4. The van der Waals surface area contributed by atoms with E-state index in [0.29, 0.717) is 5.57 Å². The molecule has 0 radical (unpaired) electrons. The van der Waals surface area contributed by atoms with E-state index >= 15 is 0 Å². The second kappa shape index (κ2) is 6.49. The van der Waals surface area contributed by atoms with Crippen molar-refractivity contribution in [3.05, 3.63) is 36.0 Å². The van der Waals surface area contributed by atoms with Gasteiger partial charge in [0.1, 0.15) is 11.7 Å². The Hall–Kier alpha value is -0.920. The van der Waals surface area contributed by atoms with Crippen LogP contribution in [-0.4, -0.2) is 0 Å². The monoisotopic (exact) mass is 270 g/mol. The molecule has 0 bridgehead atoms. The first kappa shape index (κ1) is 18.1. The van der Waals surface area contributed by atoms with Gasteiger partial charge in [0.05, 0.1) is 0 Å². The summed E-state index contributed by atoms with van der Waals surface area (Å²) in [5.74, 6) is -1.02. The van der Waals surface area contributed by atoms with Gasteiger partial charge < -0.3 is 0 Å². The van der Waals surface area contributed by atoms with Crippen LogP contribution in [0.1, 0.15) is 54.9 Å². The van der Waals surface area contributed by atoms with E-state index in [9.17, 15) is 8.78 Å². The van der Waals surface area contributed by atoms with E-state index < -0.39 is 5.83 Å². The zero-order valence-electron chi connectivity index (χ0n) is 13.4. The fourth-order valence-electron chi connectivity index (χ4n) is 2.17. The van der Waals surface area contributed by atoms with Gasteiger partial charge >= 0.3 is 0 Å². The highest BCUT2D eigenvalue weighted by atomic mass is 19.1. The minimum atomic E-state index is -0.602. The van der Waals surface area contributed by atoms with Crippen LogP contribution in [0.15, 0.2) is 36.0 Å². The number of allylic oxidation sites excluding steroid dienone is 5. The minimum Gasteiger partial charge on any atom is -0.208 e. The van der Waals surface area contributed by atoms with Crippen molar-refractivity contribution < 1.29 is 8.78 Å². The molecular weight excluding hydrogens is 242 g/mol. The third-order valence-electron chi connectivity index (χ3n) is 3.08. The first-order chi connectivity index (χ1) is 8.38. The van der Waals surface area contributed by atoms with Crippen LogP contribution >= 0.6 is 0 Å². The lowest BCUT2D eigenvalue weighted by atomic mass is 9.68. The Morgan fingerprint density at radius 1 is 1.11 bits per heavy atom. The molecule has 0 aliphatic heterocycles. The lowest BCUT2D eigenvalue weighted by Gasteiger charge is -2.37. The normalized spacial score (nSPS) is 16.5. The average molecular weight is 270 g/mol. The second-order valence-electron chi connectivity index (χ2n) is 7.37. The number of hydrogen-bond donors (Lipinski definition) is 0. The highest BCUT2D eigenvalue weighted by molar-refractivity contribution is 5.33. The van der Waals surface area contributed by atoms with Gasteiger partial charge in [-0.1, -0.05) is 54.2 Å². The molecule has 0 spiro atoms. The van der Waals surface area contributed by atoms with Crippen LogP contribution in [0.5, 0.6) is 0 Å². The van der Waals surface area contributed by atoms with Crippen molar-refractivity contribution in [2.45, 2.75) is 54.9 Å². The van der Waals surface area contributed by atoms with E-state index in [2.05, 4.69) is 48.1 Å². The van der Waals surface area contributed by atoms with E-state index in [1.807, 2.05) is 0 Å². The van der Waals surface area contributed by atoms with Crippen LogP contribution < -0.4 is 0 Å². The van der Waals surface area contributed by atoms with Gasteiger partial charge in [-0.2, -0.15) is 0 Å². The lowest BCUT2D eigenvalue weighted by Crippen LogP contribution is -2.27. The summed E-state index contributed by atoms with van der Waals surface area (Å²) in [5, 5.41) is 0. The van der Waals surface area contributed by atoms with Gasteiger partial charge in [-0.25, -0.2) is 8.78 Å². The molecule has 0 heterocycles. The van der Waals surface area contributed by atoms with Gasteiger partial charge in [-0.05, 0) is 41.7 Å². The van der Waals surface area contributed by atoms with Crippen LogP contribution in [0.4, 0.5) is 8.78 Å². The third kappa shape index (κ3) is 6.70. The van der Waals surface area contributed by atoms with Crippen molar-refractivity contribution in [3.63, 3.8) is 0 Å². The van der Waals surface area contributed by atoms with Gasteiger partial charge in [0.25, 0.3) is 0 Å². The van der Waals surface area contributed by atoms with Gasteiger partial charge in [-0.15, -0.1) is 0 Å². The summed E-state index contributed by atoms with van der Waals surface area (Å²) < 4.78 is 27.3. The molecule has 0 aromatic carbocycles. The van der Waals surface area contributed by atoms with Crippen molar-refractivity contribution in [1.82, 2.24) is 0 Å². The van der Waals surface area contributed by atoms with E-state index in [0.717, 1.165) is 6.42 Å². The van der Waals surface area contributed by atoms with Crippen molar-refractivity contribution in [2.75, 3.05) is 0 Å². The molecule has 0 rings (SSSR count). The zero-order chi connectivity index (χ0) is 15.4. The molecule has 0 amide bonds. The van der Waals surface area contributed by atoms with Crippen LogP contribution in [0.3, 0.4) is 0 Å². The Kier molecular flexibility index (Phi) is 6.18. The van der Waals surface area contributed by atoms with E-state index in [1.54, 1.807) is 6.92 Å². The quantitative estimate of drug-likeness (QED) is 0.521. The first-order valence-electron chi connectivity index (χ1n) is 6.76. The van der Waals surface area contributed by atoms with Gasteiger partial charge in [0.15, 0.2) is 0 Å². The molecule has 0 saturated carbocycles. The molecule has 1 atom stereocenters. The van der Waals surface area contributed by atoms with Crippen molar-refractivity contribution in [1.29, 1.82) is 0 Å². The van der Waals surface area contributed by atoms with Crippen molar-refractivity contribution in [2.24, 2.45) is 16.7 Å². The first-order valence-corrected chi connectivity index (χ1v) is 6.76. The summed E-state index contributed by atoms with van der Waals surface area (Å²) in [5.41, 5.74) is 0.315. The molecule has 0 N–H and O–H groups in total. The molecule has 0 aliphatic rings. The standard InChI is InChI=1S/C17H28F2/c1-9-15(19)13(10-12(2)18)14(17(6,7)8)11-16(3,4)5/h9-10,14H,2,11H2,1,3-8H3/b13-10-,15-9+. The van der Waals surface area contributed by atoms with Crippen LogP contribution in [0.2, 0.25) is 0 Å². The molecule has 0 aromatic heterocycles. The van der Waals surface area contributed by atoms with E-state index in [-0.39, 0.29) is 22.6 Å². The largest absolute Gasteiger partial charge is 0.208 e. The smallest absolute Gasteiger partial charge is 0.122 e. The second-order valence-corrected chi connectivity index (χ2v) is 7.37. The number of hydrogen-bond acceptors (Lipinski definition) is 0. The summed E-state index contributed by atoms with van der Waals surface area (Å²) in [6.45, 7) is 17.4. The molecule has 0 saturated heterocycles. The Morgan fingerprint density at radius 3 is 1.84 bits per heavy atom. The van der Waals surface area contributed by atoms with Crippen molar-refractivity contribution in [3.8, 4) is 0 Å². The number of halogens is 2. The molecule has 0 nitrogen and oxygen atoms in total. The van der Waals surface area contributed by atoms with Gasteiger partial charge in [0, 0.05) is 0 Å². The molecule has 19 heavy (non-hydrogen) atoms. The minimum absolute atomic E-state index is 0.0443. The predicted molar refractivity (Wildman–Crippen MR) is 80.2 cm³/mol. The summed E-state index contributed by atoms with van der Waals surface area (Å²) >= 11 is 0. The molecule has 1 unspecified atom stereocenters. The maximum Gasteiger partial charge on any atom is 0.122 e. The van der Waals surface area contributed by atoms with Gasteiger partial charge in [0.2, 0.25) is 0 Å². The average Bonchev–Trinajstić information content (AvgIpc) is 2.18. The molecule has 2 heteroatoms. The molecular formula is C17H28F2. The zero-order valence-corrected chi connectivity index (χ0v) is 13.4. The Labute approximate surface area is 117 Å². The van der Waals surface area contributed by atoms with Crippen molar-refractivity contribution >= 4 is 0 Å². The predicted octanol–water partition coefficient (Wildman–Crippen LogP) is 6.37. The molecule has 0 aromatic rings. The third-order valence-corrected chi connectivity index (χ3v) is 3.08. The Morgan fingerprint density at radius 2 is 1.58 bits per heavy atom. The Balaban J connectivity index is 5.72. The maximum absolute atomic E-state index is 14.1. The van der Waals surface area contributed by atoms with Crippen LogP contribution in [0.25, 0.3) is 0 Å². The summed E-state index contributed by atoms with van der Waals surface area (Å²) in [4.78, 5) is 0. The maximum atomic E-state index is 14.1. The van der Waals surface area contributed by atoms with E-state index in [1.165, 1.54) is 12.2 Å². The highest BCUT2D eigenvalue weighted by Crippen LogP contribution is 2.43. The molecule has 110 valence electrons. The summed E-state index contributed by atoms with van der Waals surface area (Å²) in [6.07, 6.45) is 3.41. The van der Waals surface area contributed by atoms with Crippen LogP contribution in [-0.2, 0) is 0 Å². The summed E-state index contributed by atoms with van der Waals surface area (Å²) in [6, 6.07) is 0. The highest BCUT2D eigenvalue weighted by Gasteiger charge is 2.33. The van der Waals surface area contributed by atoms with E-state index in [4.69, 9.17) is 0 Å². The molecule has 0 aliphatic carbocycles. The summed E-state index contributed by atoms with van der Waals surface area (Å²) in [7, 11) is 0. The Bertz CT molecular complexity index is 373. The SMILES string of the molecule is C=C(F)/C=C(\C(F)=C/C)C(CC(C)(C)C)C(C)(C)C. The fraction of sp³-hybridized carbons (Fsp3) is 0.647. The topological polar surface area (TPSA) is 0 Å². The van der Waals surface area contributed by atoms with Crippen LogP contribution in [0, 0.1) is 16.7 Å². The molecule has 0 fully saturated rings. The lowest BCUT2D eigenvalue weighted by molar-refractivity contribution is 0.194. The van der Waals surface area contributed by atoms with Gasteiger partial charge in [-0.3, -0.25) is 0 Å². The fourth-order valence-corrected chi connectivity index (χ4v) is 2.17.